The summed E-state index contributed by atoms with van der Waals surface area (Å²) in [5.41, 5.74) is 1.02. The average Bonchev–Trinajstić information content (AvgIpc) is 3.02. The molecule has 5 nitrogen and oxygen atoms in total. The zero-order chi connectivity index (χ0) is 15.6. The highest BCUT2D eigenvalue weighted by atomic mass is 35.5. The first-order chi connectivity index (χ1) is 10.5. The highest BCUT2D eigenvalue weighted by Gasteiger charge is 2.08. The number of hydrogen-bond donors (Lipinski definition) is 1. The number of imidazole rings is 1. The van der Waals surface area contributed by atoms with Crippen LogP contribution < -0.4 is 0 Å². The molecule has 0 bridgehead atoms. The molecule has 0 atom stereocenters. The molecule has 120 valence electrons. The largest absolute Gasteiger partial charge is 0.306 e. The van der Waals surface area contributed by atoms with Crippen LogP contribution in [0.25, 0.3) is 5.69 Å². The van der Waals surface area contributed by atoms with Crippen LogP contribution in [0.1, 0.15) is 0 Å². The molecule has 3 aromatic rings. The maximum Gasteiger partial charge on any atom is 0.294 e. The molecule has 23 heavy (non-hydrogen) atoms. The van der Waals surface area contributed by atoms with E-state index in [2.05, 4.69) is 4.98 Å². The second-order valence-corrected chi connectivity index (χ2v) is 7.08. The van der Waals surface area contributed by atoms with Gasteiger partial charge in [-0.3, -0.25) is 4.55 Å². The van der Waals surface area contributed by atoms with Crippen molar-refractivity contribution in [3.63, 3.8) is 0 Å². The summed E-state index contributed by atoms with van der Waals surface area (Å²) in [6, 6.07) is 14.0. The van der Waals surface area contributed by atoms with Gasteiger partial charge in [-0.1, -0.05) is 11.8 Å². The van der Waals surface area contributed by atoms with Gasteiger partial charge in [-0.2, -0.15) is 8.42 Å². The lowest BCUT2D eigenvalue weighted by Gasteiger charge is -2.05. The van der Waals surface area contributed by atoms with Crippen molar-refractivity contribution < 1.29 is 13.0 Å². The molecular formula is C15H13ClN2O3S2. The Kier molecular flexibility index (Phi) is 5.48. The van der Waals surface area contributed by atoms with E-state index in [1.165, 1.54) is 23.9 Å². The van der Waals surface area contributed by atoms with E-state index in [0.717, 1.165) is 15.5 Å². The number of aromatic nitrogens is 2. The molecule has 0 saturated carbocycles. The minimum absolute atomic E-state index is 0. The van der Waals surface area contributed by atoms with E-state index in [1.54, 1.807) is 24.7 Å². The third-order valence-electron chi connectivity index (χ3n) is 3.00. The van der Waals surface area contributed by atoms with Crippen LogP contribution in [0.2, 0.25) is 0 Å². The van der Waals surface area contributed by atoms with Crippen molar-refractivity contribution in [2.24, 2.45) is 0 Å². The lowest BCUT2D eigenvalue weighted by Crippen LogP contribution is -1.96. The van der Waals surface area contributed by atoms with Gasteiger partial charge in [-0.05, 0) is 48.5 Å². The summed E-state index contributed by atoms with van der Waals surface area (Å²) < 4.78 is 32.8. The molecule has 0 saturated heterocycles. The monoisotopic (exact) mass is 368 g/mol. The summed E-state index contributed by atoms with van der Waals surface area (Å²) in [5, 5.41) is 0. The van der Waals surface area contributed by atoms with Crippen molar-refractivity contribution in [1.82, 2.24) is 9.55 Å². The SMILES string of the molecule is Cl.O=S(=O)(O)c1ccc(Sc2ccc(-n3ccnc3)cc2)cc1. The summed E-state index contributed by atoms with van der Waals surface area (Å²) in [7, 11) is -4.14. The topological polar surface area (TPSA) is 72.2 Å². The molecule has 3 rings (SSSR count). The summed E-state index contributed by atoms with van der Waals surface area (Å²) in [6.45, 7) is 0. The minimum Gasteiger partial charge on any atom is -0.306 e. The molecule has 0 spiro atoms. The molecule has 0 unspecified atom stereocenters. The molecule has 8 heteroatoms. The fourth-order valence-corrected chi connectivity index (χ4v) is 3.21. The summed E-state index contributed by atoms with van der Waals surface area (Å²) >= 11 is 1.51. The van der Waals surface area contributed by atoms with Crippen LogP contribution >= 0.6 is 24.2 Å². The lowest BCUT2D eigenvalue weighted by molar-refractivity contribution is 0.483. The highest BCUT2D eigenvalue weighted by Crippen LogP contribution is 2.29. The molecule has 0 aliphatic carbocycles. The normalized spacial score (nSPS) is 11.0. The van der Waals surface area contributed by atoms with E-state index in [0.29, 0.717) is 0 Å². The Bertz CT molecular complexity index is 862. The number of halogens is 1. The maximum atomic E-state index is 11.0. The second-order valence-electron chi connectivity index (χ2n) is 4.51. The zero-order valence-corrected chi connectivity index (χ0v) is 14.2. The van der Waals surface area contributed by atoms with E-state index in [9.17, 15) is 8.42 Å². The quantitative estimate of drug-likeness (QED) is 0.711. The smallest absolute Gasteiger partial charge is 0.294 e. The molecule has 1 heterocycles. The first-order valence-electron chi connectivity index (χ1n) is 6.36. The van der Waals surface area contributed by atoms with Gasteiger partial charge in [0.15, 0.2) is 0 Å². The van der Waals surface area contributed by atoms with E-state index in [4.69, 9.17) is 4.55 Å². The number of rotatable bonds is 4. The fourth-order valence-electron chi connectivity index (χ4n) is 1.91. The van der Waals surface area contributed by atoms with Gasteiger partial charge in [0.1, 0.15) is 0 Å². The van der Waals surface area contributed by atoms with Crippen LogP contribution in [-0.4, -0.2) is 22.5 Å². The maximum absolute atomic E-state index is 11.0. The van der Waals surface area contributed by atoms with Crippen LogP contribution in [0.5, 0.6) is 0 Å². The number of benzene rings is 2. The highest BCUT2D eigenvalue weighted by molar-refractivity contribution is 7.99. The minimum atomic E-state index is -4.14. The van der Waals surface area contributed by atoms with Crippen molar-refractivity contribution in [3.8, 4) is 5.69 Å². The molecular weight excluding hydrogens is 356 g/mol. The van der Waals surface area contributed by atoms with Crippen molar-refractivity contribution in [2.45, 2.75) is 14.7 Å². The van der Waals surface area contributed by atoms with Crippen LogP contribution in [0.15, 0.2) is 81.9 Å². The third kappa shape index (κ3) is 4.35. The predicted molar refractivity (Wildman–Crippen MR) is 91.2 cm³/mol. The predicted octanol–water partition coefficient (Wildman–Crippen LogP) is 3.69. The van der Waals surface area contributed by atoms with Crippen molar-refractivity contribution in [3.05, 3.63) is 67.3 Å². The third-order valence-corrected chi connectivity index (χ3v) is 4.88. The molecule has 0 aliphatic heterocycles. The lowest BCUT2D eigenvalue weighted by atomic mass is 10.3. The molecule has 0 aliphatic rings. The number of hydrogen-bond acceptors (Lipinski definition) is 4. The van der Waals surface area contributed by atoms with Gasteiger partial charge < -0.3 is 4.57 Å². The van der Waals surface area contributed by atoms with Gasteiger partial charge in [-0.25, -0.2) is 4.98 Å². The van der Waals surface area contributed by atoms with Crippen LogP contribution in [0.4, 0.5) is 0 Å². The average molecular weight is 369 g/mol. The van der Waals surface area contributed by atoms with E-state index in [-0.39, 0.29) is 17.3 Å². The summed E-state index contributed by atoms with van der Waals surface area (Å²) in [6.07, 6.45) is 5.33. The van der Waals surface area contributed by atoms with Gasteiger partial charge in [0.05, 0.1) is 11.2 Å². The van der Waals surface area contributed by atoms with Crippen LogP contribution in [-0.2, 0) is 10.1 Å². The van der Waals surface area contributed by atoms with Crippen LogP contribution in [0, 0.1) is 0 Å². The van der Waals surface area contributed by atoms with Crippen molar-refractivity contribution >= 4 is 34.3 Å². The zero-order valence-electron chi connectivity index (χ0n) is 11.7. The Hall–Kier alpha value is -1.80. The summed E-state index contributed by atoms with van der Waals surface area (Å²) in [5.74, 6) is 0. The first kappa shape index (κ1) is 17.6. The molecule has 1 N–H and O–H groups in total. The molecule has 1 aromatic heterocycles. The number of nitrogens with zero attached hydrogens (tertiary/aromatic N) is 2. The molecule has 0 amide bonds. The Balaban J connectivity index is 0.00000192. The van der Waals surface area contributed by atoms with E-state index >= 15 is 0 Å². The van der Waals surface area contributed by atoms with Gasteiger partial charge in [0.2, 0.25) is 0 Å². The Labute approximate surface area is 144 Å². The molecule has 0 fully saturated rings. The van der Waals surface area contributed by atoms with E-state index < -0.39 is 10.1 Å². The molecule has 0 radical (unpaired) electrons. The van der Waals surface area contributed by atoms with Crippen molar-refractivity contribution in [1.29, 1.82) is 0 Å². The van der Waals surface area contributed by atoms with E-state index in [1.807, 2.05) is 35.0 Å². The Morgan fingerprint density at radius 3 is 2.00 bits per heavy atom. The summed E-state index contributed by atoms with van der Waals surface area (Å²) in [4.78, 5) is 5.82. The van der Waals surface area contributed by atoms with Gasteiger partial charge in [0.25, 0.3) is 10.1 Å². The first-order valence-corrected chi connectivity index (χ1v) is 8.62. The van der Waals surface area contributed by atoms with Gasteiger partial charge in [0, 0.05) is 27.9 Å². The Morgan fingerprint density at radius 1 is 0.957 bits per heavy atom. The standard InChI is InChI=1S/C15H12N2O3S2.ClH/c18-22(19,20)15-7-5-14(6-8-15)21-13-3-1-12(2-4-13)17-10-9-16-11-17;/h1-11H,(H,18,19,20);1H. The van der Waals surface area contributed by atoms with Crippen molar-refractivity contribution in [2.75, 3.05) is 0 Å². The second kappa shape index (κ2) is 7.18. The molecule has 2 aromatic carbocycles. The van der Waals surface area contributed by atoms with Gasteiger partial charge in [-0.15, -0.1) is 12.4 Å². The Morgan fingerprint density at radius 2 is 1.52 bits per heavy atom. The fraction of sp³-hybridized carbons (Fsp3) is 0. The van der Waals surface area contributed by atoms with Gasteiger partial charge >= 0.3 is 0 Å². The van der Waals surface area contributed by atoms with Crippen LogP contribution in [0.3, 0.4) is 0 Å².